The van der Waals surface area contributed by atoms with Crippen LogP contribution in [0.1, 0.15) is 56.3 Å². The maximum atomic E-state index is 13.7. The number of H-pyrrole nitrogens is 1. The summed E-state index contributed by atoms with van der Waals surface area (Å²) in [7, 11) is 0. The minimum atomic E-state index is -0.677. The van der Waals surface area contributed by atoms with Crippen molar-refractivity contribution in [2.45, 2.75) is 52.5 Å². The van der Waals surface area contributed by atoms with Gasteiger partial charge in [-0.15, -0.1) is 0 Å². The predicted octanol–water partition coefficient (Wildman–Crippen LogP) is 2.87. The highest BCUT2D eigenvalue weighted by Crippen LogP contribution is 2.25. The summed E-state index contributed by atoms with van der Waals surface area (Å²) in [5, 5.41) is 0.544. The lowest BCUT2D eigenvalue weighted by molar-refractivity contribution is -0.123. The Morgan fingerprint density at radius 3 is 2.53 bits per heavy atom. The van der Waals surface area contributed by atoms with Crippen LogP contribution in [0.5, 0.6) is 0 Å². The molecule has 2 aromatic rings. The first-order valence-corrected chi connectivity index (χ1v) is 12.1. The number of hydrogen-bond donors (Lipinski definition) is 2. The third-order valence-electron chi connectivity index (χ3n) is 6.08. The lowest BCUT2D eigenvalue weighted by Gasteiger charge is -2.35. The van der Waals surface area contributed by atoms with E-state index in [0.29, 0.717) is 55.9 Å². The van der Waals surface area contributed by atoms with Crippen molar-refractivity contribution in [1.29, 1.82) is 0 Å². The van der Waals surface area contributed by atoms with E-state index in [9.17, 15) is 19.2 Å². The van der Waals surface area contributed by atoms with Gasteiger partial charge in [0.15, 0.2) is 5.69 Å². The van der Waals surface area contributed by atoms with Crippen molar-refractivity contribution < 1.29 is 9.59 Å². The number of amides is 2. The van der Waals surface area contributed by atoms with E-state index in [-0.39, 0.29) is 29.9 Å². The topological polar surface area (TPSA) is 121 Å². The van der Waals surface area contributed by atoms with Crippen LogP contribution in [0.25, 0.3) is 0 Å². The maximum absolute atomic E-state index is 13.7. The first-order chi connectivity index (χ1) is 16.3. The molecule has 1 aromatic heterocycles. The van der Waals surface area contributed by atoms with Gasteiger partial charge in [0, 0.05) is 36.8 Å². The molecule has 1 fully saturated rings. The average Bonchev–Trinajstić information content (AvgIpc) is 2.83. The number of halogens is 1. The molecule has 3 N–H and O–H groups in total. The Hall–Kier alpha value is -3.07. The monoisotopic (exact) mass is 489 g/mol. The number of nitrogens with zero attached hydrogens (tertiary/aromatic N) is 3. The van der Waals surface area contributed by atoms with E-state index < -0.39 is 17.2 Å². The molecule has 0 spiro atoms. The molecule has 0 bridgehead atoms. The van der Waals surface area contributed by atoms with Crippen molar-refractivity contribution in [3.63, 3.8) is 0 Å². The van der Waals surface area contributed by atoms with Crippen LogP contribution in [0.2, 0.25) is 5.02 Å². The summed E-state index contributed by atoms with van der Waals surface area (Å²) < 4.78 is 1.29. The zero-order chi connectivity index (χ0) is 24.8. The molecule has 1 unspecified atom stereocenters. The smallest absolute Gasteiger partial charge is 0.330 e. The normalized spacial score (nSPS) is 15.9. The Kier molecular flexibility index (Phi) is 8.55. The highest BCUT2D eigenvalue weighted by Gasteiger charge is 2.34. The molecular formula is C24H32ClN5O4. The summed E-state index contributed by atoms with van der Waals surface area (Å²) in [6, 6.07) is 6.66. The molecule has 184 valence electrons. The molecule has 1 aliphatic heterocycles. The second-order valence-electron chi connectivity index (χ2n) is 8.59. The number of piperidine rings is 1. The molecule has 1 atom stereocenters. The standard InChI is InChI=1S/C24H32ClN5O4/c1-3-5-14-29(19-20(26)30(12-4-2)24(34)27-21(19)31)23(33)17-7-6-13-28(15-17)22(32)16-8-10-18(25)11-9-16/h8-11,17H,3-7,12-15,26H2,1-2H3,(H,27,31,34). The second kappa shape index (κ2) is 11.4. The number of rotatable bonds is 8. The van der Waals surface area contributed by atoms with Gasteiger partial charge in [0.1, 0.15) is 5.82 Å². The van der Waals surface area contributed by atoms with E-state index in [1.807, 2.05) is 13.8 Å². The molecule has 0 saturated carbocycles. The zero-order valence-electron chi connectivity index (χ0n) is 19.7. The van der Waals surface area contributed by atoms with Crippen molar-refractivity contribution in [3.8, 4) is 0 Å². The number of carbonyl (C=O) groups is 2. The Bertz CT molecular complexity index is 1140. The average molecular weight is 490 g/mol. The molecule has 1 saturated heterocycles. The second-order valence-corrected chi connectivity index (χ2v) is 9.02. The van der Waals surface area contributed by atoms with Gasteiger partial charge in [0.2, 0.25) is 5.91 Å². The SMILES string of the molecule is CCCCN(C(=O)C1CCCN(C(=O)c2ccc(Cl)cc2)C1)c1c(N)n(CCC)c(=O)[nH]c1=O. The van der Waals surface area contributed by atoms with Crippen molar-refractivity contribution in [2.75, 3.05) is 30.3 Å². The number of aromatic nitrogens is 2. The molecule has 0 aliphatic carbocycles. The molecule has 3 rings (SSSR count). The molecule has 34 heavy (non-hydrogen) atoms. The minimum absolute atomic E-state index is 0.00708. The highest BCUT2D eigenvalue weighted by atomic mass is 35.5. The maximum Gasteiger partial charge on any atom is 0.330 e. The molecular weight excluding hydrogens is 458 g/mol. The molecule has 9 nitrogen and oxygen atoms in total. The van der Waals surface area contributed by atoms with Gasteiger partial charge in [-0.1, -0.05) is 31.9 Å². The number of nitrogens with one attached hydrogen (secondary N) is 1. The molecule has 1 aliphatic rings. The Morgan fingerprint density at radius 1 is 1.18 bits per heavy atom. The fourth-order valence-corrected chi connectivity index (χ4v) is 4.42. The van der Waals surface area contributed by atoms with Crippen molar-refractivity contribution in [1.82, 2.24) is 14.5 Å². The van der Waals surface area contributed by atoms with Gasteiger partial charge in [-0.2, -0.15) is 0 Å². The summed E-state index contributed by atoms with van der Waals surface area (Å²) >= 11 is 5.93. The van der Waals surface area contributed by atoms with Crippen LogP contribution < -0.4 is 21.9 Å². The number of aromatic amines is 1. The Balaban J connectivity index is 1.90. The van der Waals surface area contributed by atoms with E-state index in [1.54, 1.807) is 29.2 Å². The van der Waals surface area contributed by atoms with Crippen LogP contribution in [0.15, 0.2) is 33.9 Å². The van der Waals surface area contributed by atoms with E-state index in [0.717, 1.165) is 6.42 Å². The highest BCUT2D eigenvalue weighted by molar-refractivity contribution is 6.30. The molecule has 0 radical (unpaired) electrons. The first kappa shape index (κ1) is 25.6. The first-order valence-electron chi connectivity index (χ1n) is 11.8. The Labute approximate surface area is 203 Å². The van der Waals surface area contributed by atoms with Gasteiger partial charge >= 0.3 is 5.69 Å². The molecule has 2 heterocycles. The summed E-state index contributed by atoms with van der Waals surface area (Å²) in [4.78, 5) is 57.1. The van der Waals surface area contributed by atoms with E-state index in [2.05, 4.69) is 4.98 Å². The lowest BCUT2D eigenvalue weighted by atomic mass is 9.95. The van der Waals surface area contributed by atoms with E-state index in [4.69, 9.17) is 17.3 Å². The fraction of sp³-hybridized carbons (Fsp3) is 0.500. The largest absolute Gasteiger partial charge is 0.383 e. The van der Waals surface area contributed by atoms with Gasteiger partial charge in [0.25, 0.3) is 11.5 Å². The van der Waals surface area contributed by atoms with Crippen LogP contribution >= 0.6 is 11.6 Å². The van der Waals surface area contributed by atoms with Crippen LogP contribution in [0.4, 0.5) is 11.5 Å². The summed E-state index contributed by atoms with van der Waals surface area (Å²) in [6.07, 6.45) is 3.37. The van der Waals surface area contributed by atoms with E-state index in [1.165, 1.54) is 9.47 Å². The number of benzene rings is 1. The third kappa shape index (κ3) is 5.52. The van der Waals surface area contributed by atoms with Gasteiger partial charge < -0.3 is 15.5 Å². The van der Waals surface area contributed by atoms with Crippen molar-refractivity contribution in [2.24, 2.45) is 5.92 Å². The van der Waals surface area contributed by atoms with Crippen LogP contribution in [0, 0.1) is 5.92 Å². The molecule has 10 heteroatoms. The number of unbranched alkanes of at least 4 members (excludes halogenated alkanes) is 1. The fourth-order valence-electron chi connectivity index (χ4n) is 4.29. The lowest BCUT2D eigenvalue weighted by Crippen LogP contribution is -2.49. The van der Waals surface area contributed by atoms with Gasteiger partial charge in [0.05, 0.1) is 5.92 Å². The number of nitrogen functional groups attached to an aromatic ring is 1. The predicted molar refractivity (Wildman–Crippen MR) is 133 cm³/mol. The van der Waals surface area contributed by atoms with Crippen LogP contribution in [-0.2, 0) is 11.3 Å². The van der Waals surface area contributed by atoms with Gasteiger partial charge in [-0.25, -0.2) is 4.79 Å². The number of hydrogen-bond acceptors (Lipinski definition) is 5. The summed E-state index contributed by atoms with van der Waals surface area (Å²) in [6.45, 7) is 5.30. The molecule has 1 aromatic carbocycles. The summed E-state index contributed by atoms with van der Waals surface area (Å²) in [5.41, 5.74) is 5.50. The summed E-state index contributed by atoms with van der Waals surface area (Å²) in [5.74, 6) is -0.916. The quantitative estimate of drug-likeness (QED) is 0.590. The van der Waals surface area contributed by atoms with Crippen LogP contribution in [0.3, 0.4) is 0 Å². The van der Waals surface area contributed by atoms with E-state index >= 15 is 0 Å². The van der Waals surface area contributed by atoms with Crippen molar-refractivity contribution in [3.05, 3.63) is 55.7 Å². The number of carbonyl (C=O) groups excluding carboxylic acids is 2. The number of likely N-dealkylation sites (tertiary alicyclic amines) is 1. The minimum Gasteiger partial charge on any atom is -0.383 e. The van der Waals surface area contributed by atoms with Gasteiger partial charge in [-0.3, -0.25) is 23.9 Å². The third-order valence-corrected chi connectivity index (χ3v) is 6.33. The molecule has 2 amide bonds. The van der Waals surface area contributed by atoms with Crippen LogP contribution in [-0.4, -0.2) is 45.9 Å². The van der Waals surface area contributed by atoms with Crippen molar-refractivity contribution >= 4 is 34.9 Å². The Morgan fingerprint density at radius 2 is 1.88 bits per heavy atom. The number of nitrogens with two attached hydrogens (primary N) is 1. The number of anilines is 2. The zero-order valence-corrected chi connectivity index (χ0v) is 20.4. The van der Waals surface area contributed by atoms with Gasteiger partial charge in [-0.05, 0) is 49.9 Å².